The molecule has 0 aromatic rings. The van der Waals surface area contributed by atoms with E-state index >= 15 is 0 Å². The first-order valence-electron chi connectivity index (χ1n) is 0.289. The van der Waals surface area contributed by atoms with Crippen molar-refractivity contribution < 1.29 is 53.8 Å². The Hall–Kier alpha value is 1.35. The van der Waals surface area contributed by atoms with Crippen LogP contribution in [0.25, 0.3) is 0 Å². The third-order valence-electron chi connectivity index (χ3n) is 0. The zero-order valence-electron chi connectivity index (χ0n) is 3.06. The van der Waals surface area contributed by atoms with Gasteiger partial charge >= 0.3 is 0 Å². The molecule has 2 heteroatoms. The standard InChI is InChI=1S/C2H.CH3.W.Y/c1-2;;;/h1H;1H3;;/q2*-1;;. The van der Waals surface area contributed by atoms with Crippen molar-refractivity contribution in [1.82, 2.24) is 0 Å². The molecule has 0 bridgehead atoms. The Bertz CT molecular complexity index is 11.6. The summed E-state index contributed by atoms with van der Waals surface area (Å²) in [4.78, 5) is 0. The second-order valence-corrected chi connectivity index (χ2v) is 0. The van der Waals surface area contributed by atoms with Crippen molar-refractivity contribution in [2.24, 2.45) is 0 Å². The molecule has 0 N–H and O–H groups in total. The van der Waals surface area contributed by atoms with Crippen LogP contribution in [0.4, 0.5) is 0 Å². The van der Waals surface area contributed by atoms with E-state index in [1.165, 1.54) is 0 Å². The summed E-state index contributed by atoms with van der Waals surface area (Å²) in [6, 6.07) is 0. The van der Waals surface area contributed by atoms with E-state index in [4.69, 9.17) is 6.42 Å². The minimum atomic E-state index is 0. The van der Waals surface area contributed by atoms with E-state index in [1.807, 2.05) is 0 Å². The molecule has 0 spiro atoms. The van der Waals surface area contributed by atoms with E-state index in [2.05, 4.69) is 6.42 Å². The Morgan fingerprint density at radius 3 is 1.20 bits per heavy atom. The predicted octanol–water partition coefficient (Wildman–Crippen LogP) is 0.651. The summed E-state index contributed by atoms with van der Waals surface area (Å²) < 4.78 is 0. The van der Waals surface area contributed by atoms with Crippen LogP contribution in [-0.4, -0.2) is 0 Å². The molecule has 0 saturated heterocycles. The van der Waals surface area contributed by atoms with Gasteiger partial charge in [0.05, 0.1) is 0 Å². The van der Waals surface area contributed by atoms with Gasteiger partial charge in [-0.25, -0.2) is 0 Å². The molecule has 0 fully saturated rings. The van der Waals surface area contributed by atoms with Gasteiger partial charge in [0.25, 0.3) is 0 Å². The molecule has 0 amide bonds. The average Bonchev–Trinajstić information content (AvgIpc) is 1.00. The molecule has 0 aliphatic rings. The first-order chi connectivity index (χ1) is 1.00. The van der Waals surface area contributed by atoms with Crippen LogP contribution in [-0.2, 0) is 53.8 Å². The summed E-state index contributed by atoms with van der Waals surface area (Å²) in [6.45, 7) is 0. The largest absolute Gasteiger partial charge is 0.697 e. The van der Waals surface area contributed by atoms with E-state index in [0.717, 1.165) is 0 Å². The number of hydrogen-bond donors (Lipinski definition) is 0. The Labute approximate surface area is 73.2 Å². The Balaban J connectivity index is -0.00000000167. The third kappa shape index (κ3) is 32.9. The van der Waals surface area contributed by atoms with Crippen molar-refractivity contribution in [2.45, 2.75) is 0 Å². The third-order valence-corrected chi connectivity index (χ3v) is 0. The molecule has 0 aliphatic carbocycles. The first-order valence-corrected chi connectivity index (χ1v) is 0.289. The molecule has 0 aromatic carbocycles. The molecule has 0 rings (SSSR count). The second kappa shape index (κ2) is 55.4. The van der Waals surface area contributed by atoms with Gasteiger partial charge in [0.1, 0.15) is 0 Å². The van der Waals surface area contributed by atoms with E-state index in [9.17, 15) is 0 Å². The molecule has 1 radical (unpaired) electrons. The van der Waals surface area contributed by atoms with Crippen LogP contribution >= 0.6 is 0 Å². The minimum absolute atomic E-state index is 0. The molecule has 0 aliphatic heterocycles. The summed E-state index contributed by atoms with van der Waals surface area (Å²) in [5.41, 5.74) is 0. The predicted molar refractivity (Wildman–Crippen MR) is 14.6 cm³/mol. The quantitative estimate of drug-likeness (QED) is 0.455. The molecule has 0 saturated carbocycles. The monoisotopic (exact) mass is 313 g/mol. The van der Waals surface area contributed by atoms with Crippen molar-refractivity contribution >= 4 is 0 Å². The summed E-state index contributed by atoms with van der Waals surface area (Å²) in [5, 5.41) is 0. The summed E-state index contributed by atoms with van der Waals surface area (Å²) in [7, 11) is 0. The number of rotatable bonds is 0. The van der Waals surface area contributed by atoms with Crippen molar-refractivity contribution in [2.75, 3.05) is 0 Å². The molecule has 27 valence electrons. The Morgan fingerprint density at radius 2 is 1.20 bits per heavy atom. The minimum Gasteiger partial charge on any atom is -0.697 e. The van der Waals surface area contributed by atoms with Crippen LogP contribution < -0.4 is 0 Å². The van der Waals surface area contributed by atoms with Crippen LogP contribution in [0.1, 0.15) is 0 Å². The maximum atomic E-state index is 5.25. The normalized spacial score (nSPS) is 0.400. The molecule has 0 nitrogen and oxygen atoms in total. The van der Waals surface area contributed by atoms with Crippen molar-refractivity contribution in [3.05, 3.63) is 13.9 Å². The maximum Gasteiger partial charge on any atom is 0 e. The molecule has 0 atom stereocenters. The molecule has 0 heterocycles. The zero-order valence-corrected chi connectivity index (χ0v) is 8.83. The fourth-order valence-corrected chi connectivity index (χ4v) is 0. The van der Waals surface area contributed by atoms with Gasteiger partial charge in [0.15, 0.2) is 0 Å². The van der Waals surface area contributed by atoms with Crippen LogP contribution in [0.2, 0.25) is 0 Å². The smallest absolute Gasteiger partial charge is 0 e. The van der Waals surface area contributed by atoms with E-state index in [0.29, 0.717) is 0 Å². The van der Waals surface area contributed by atoms with Gasteiger partial charge in [-0.05, 0) is 0 Å². The van der Waals surface area contributed by atoms with Gasteiger partial charge < -0.3 is 20.3 Å². The molecule has 0 unspecified atom stereocenters. The number of hydrogen-bond acceptors (Lipinski definition) is 0. The average molecular weight is 313 g/mol. The van der Waals surface area contributed by atoms with E-state index in [-0.39, 0.29) is 61.2 Å². The van der Waals surface area contributed by atoms with Gasteiger partial charge in [-0.15, -0.1) is 0 Å². The summed E-state index contributed by atoms with van der Waals surface area (Å²) in [6.07, 6.45) is 9.00. The molecular formula is C3H4WY-2. The summed E-state index contributed by atoms with van der Waals surface area (Å²) in [5.74, 6) is 0. The van der Waals surface area contributed by atoms with Gasteiger partial charge in [0.2, 0.25) is 0 Å². The zero-order chi connectivity index (χ0) is 2.00. The molecular weight excluding hydrogens is 309 g/mol. The maximum absolute atomic E-state index is 5.25. The first kappa shape index (κ1) is 32.9. The number of terminal acetylenes is 1. The van der Waals surface area contributed by atoms with Crippen LogP contribution in [0.3, 0.4) is 0 Å². The summed E-state index contributed by atoms with van der Waals surface area (Å²) >= 11 is 0. The fraction of sp³-hybridized carbons (Fsp3) is 0. The Morgan fingerprint density at radius 1 is 1.20 bits per heavy atom. The van der Waals surface area contributed by atoms with Crippen molar-refractivity contribution in [3.8, 4) is 6.42 Å². The van der Waals surface area contributed by atoms with Crippen LogP contribution in [0, 0.1) is 20.3 Å². The van der Waals surface area contributed by atoms with Gasteiger partial charge in [-0.1, -0.05) is 0 Å². The fourth-order valence-electron chi connectivity index (χ4n) is 0. The molecule has 0 aromatic heterocycles. The Kier molecular flexibility index (Phi) is 365. The molecule has 5 heavy (non-hydrogen) atoms. The van der Waals surface area contributed by atoms with Crippen LogP contribution in [0.5, 0.6) is 0 Å². The van der Waals surface area contributed by atoms with Gasteiger partial charge in [0, 0.05) is 53.8 Å². The van der Waals surface area contributed by atoms with Crippen LogP contribution in [0.15, 0.2) is 0 Å². The van der Waals surface area contributed by atoms with Gasteiger partial charge in [-0.2, -0.15) is 0 Å². The van der Waals surface area contributed by atoms with E-state index < -0.39 is 0 Å². The topological polar surface area (TPSA) is 0 Å². The van der Waals surface area contributed by atoms with Crippen molar-refractivity contribution in [1.29, 1.82) is 0 Å². The van der Waals surface area contributed by atoms with E-state index in [1.54, 1.807) is 0 Å². The van der Waals surface area contributed by atoms with Gasteiger partial charge in [-0.3, -0.25) is 0 Å². The second-order valence-electron chi connectivity index (χ2n) is 0. The van der Waals surface area contributed by atoms with Crippen molar-refractivity contribution in [3.63, 3.8) is 0 Å². The SMILES string of the molecule is [C-]#C.[CH3-].[W].[Y].